The number of piperidine rings is 1. The number of urea groups is 1. The molecule has 1 aliphatic rings. The number of anilines is 1. The van der Waals surface area contributed by atoms with E-state index in [1.807, 2.05) is 0 Å². The highest BCUT2D eigenvalue weighted by Gasteiger charge is 2.18. The van der Waals surface area contributed by atoms with E-state index in [1.165, 1.54) is 6.07 Å². The molecule has 1 fully saturated rings. The van der Waals surface area contributed by atoms with Gasteiger partial charge in [0.05, 0.1) is 11.3 Å². The maximum absolute atomic E-state index is 12.0. The molecule has 7 heteroatoms. The first-order chi connectivity index (χ1) is 9.58. The SMILES string of the molecule is O=C(Nc1c(Br)cccc1C(=O)O)NC1CCNCC1. The molecule has 0 spiro atoms. The van der Waals surface area contributed by atoms with Crippen LogP contribution in [0.5, 0.6) is 0 Å². The largest absolute Gasteiger partial charge is 0.478 e. The second-order valence-corrected chi connectivity index (χ2v) is 5.44. The zero-order chi connectivity index (χ0) is 14.5. The van der Waals surface area contributed by atoms with Crippen LogP contribution < -0.4 is 16.0 Å². The Morgan fingerprint density at radius 1 is 1.30 bits per heavy atom. The summed E-state index contributed by atoms with van der Waals surface area (Å²) in [5, 5.41) is 17.8. The number of rotatable bonds is 3. The van der Waals surface area contributed by atoms with Gasteiger partial charge in [-0.3, -0.25) is 0 Å². The lowest BCUT2D eigenvalue weighted by Gasteiger charge is -2.24. The van der Waals surface area contributed by atoms with Crippen molar-refractivity contribution in [1.29, 1.82) is 0 Å². The minimum Gasteiger partial charge on any atom is -0.478 e. The van der Waals surface area contributed by atoms with Crippen LogP contribution in [0, 0.1) is 0 Å². The quantitative estimate of drug-likeness (QED) is 0.677. The first kappa shape index (κ1) is 14.8. The van der Waals surface area contributed by atoms with Crippen molar-refractivity contribution < 1.29 is 14.7 Å². The number of hydrogen-bond acceptors (Lipinski definition) is 3. The summed E-state index contributed by atoms with van der Waals surface area (Å²) in [4.78, 5) is 23.1. The second-order valence-electron chi connectivity index (χ2n) is 4.59. The van der Waals surface area contributed by atoms with E-state index < -0.39 is 5.97 Å². The normalized spacial score (nSPS) is 15.7. The van der Waals surface area contributed by atoms with E-state index in [1.54, 1.807) is 12.1 Å². The molecule has 0 aliphatic carbocycles. The summed E-state index contributed by atoms with van der Waals surface area (Å²) < 4.78 is 0.540. The highest BCUT2D eigenvalue weighted by Crippen LogP contribution is 2.26. The van der Waals surface area contributed by atoms with Gasteiger partial charge in [0.1, 0.15) is 0 Å². The van der Waals surface area contributed by atoms with E-state index in [4.69, 9.17) is 5.11 Å². The molecule has 1 heterocycles. The number of carbonyl (C=O) groups is 2. The summed E-state index contributed by atoms with van der Waals surface area (Å²) in [5.74, 6) is -1.08. The predicted molar refractivity (Wildman–Crippen MR) is 79.1 cm³/mol. The fraction of sp³-hybridized carbons (Fsp3) is 0.385. The van der Waals surface area contributed by atoms with E-state index in [-0.39, 0.29) is 23.3 Å². The Kier molecular flexibility index (Phi) is 4.97. The topological polar surface area (TPSA) is 90.5 Å². The number of carbonyl (C=O) groups excluding carboxylic acids is 1. The molecule has 1 aliphatic heterocycles. The lowest BCUT2D eigenvalue weighted by Crippen LogP contribution is -2.44. The fourth-order valence-corrected chi connectivity index (χ4v) is 2.60. The molecule has 0 atom stereocenters. The monoisotopic (exact) mass is 341 g/mol. The first-order valence-electron chi connectivity index (χ1n) is 6.38. The maximum Gasteiger partial charge on any atom is 0.337 e. The predicted octanol–water partition coefficient (Wildman–Crippen LogP) is 2.02. The van der Waals surface area contributed by atoms with Crippen molar-refractivity contribution in [3.8, 4) is 0 Å². The van der Waals surface area contributed by atoms with Gasteiger partial charge in [0, 0.05) is 10.5 Å². The van der Waals surface area contributed by atoms with Crippen molar-refractivity contribution in [2.45, 2.75) is 18.9 Å². The summed E-state index contributed by atoms with van der Waals surface area (Å²) >= 11 is 3.25. The average molecular weight is 342 g/mol. The van der Waals surface area contributed by atoms with E-state index >= 15 is 0 Å². The van der Waals surface area contributed by atoms with Crippen LogP contribution in [0.1, 0.15) is 23.2 Å². The van der Waals surface area contributed by atoms with E-state index in [2.05, 4.69) is 31.9 Å². The van der Waals surface area contributed by atoms with Crippen molar-refractivity contribution in [1.82, 2.24) is 10.6 Å². The lowest BCUT2D eigenvalue weighted by atomic mass is 10.1. The van der Waals surface area contributed by atoms with Gasteiger partial charge in [0.25, 0.3) is 0 Å². The van der Waals surface area contributed by atoms with Crippen LogP contribution in [0.25, 0.3) is 0 Å². The Hall–Kier alpha value is -1.60. The average Bonchev–Trinajstić information content (AvgIpc) is 2.42. The third-order valence-corrected chi connectivity index (χ3v) is 3.82. The Labute approximate surface area is 125 Å². The summed E-state index contributed by atoms with van der Waals surface area (Å²) in [6.07, 6.45) is 1.74. The number of carboxylic acids is 1. The van der Waals surface area contributed by atoms with Crippen LogP contribution in [0.4, 0.5) is 10.5 Å². The van der Waals surface area contributed by atoms with Gasteiger partial charge in [-0.05, 0) is 54.0 Å². The molecule has 20 heavy (non-hydrogen) atoms. The molecular formula is C13H16BrN3O3. The molecule has 0 saturated carbocycles. The molecule has 2 rings (SSSR count). The molecule has 1 aromatic rings. The molecule has 2 amide bonds. The fourth-order valence-electron chi connectivity index (χ4n) is 2.13. The van der Waals surface area contributed by atoms with Crippen molar-refractivity contribution >= 4 is 33.6 Å². The van der Waals surface area contributed by atoms with Crippen LogP contribution in [0.3, 0.4) is 0 Å². The molecule has 6 nitrogen and oxygen atoms in total. The highest BCUT2D eigenvalue weighted by molar-refractivity contribution is 9.10. The van der Waals surface area contributed by atoms with Gasteiger partial charge in [-0.2, -0.15) is 0 Å². The molecule has 0 bridgehead atoms. The van der Waals surface area contributed by atoms with Gasteiger partial charge >= 0.3 is 12.0 Å². The zero-order valence-electron chi connectivity index (χ0n) is 10.8. The van der Waals surface area contributed by atoms with Gasteiger partial charge in [-0.25, -0.2) is 9.59 Å². The van der Waals surface area contributed by atoms with Gasteiger partial charge in [0.2, 0.25) is 0 Å². The zero-order valence-corrected chi connectivity index (χ0v) is 12.4. The second kappa shape index (κ2) is 6.71. The summed E-state index contributed by atoms with van der Waals surface area (Å²) in [6, 6.07) is 4.49. The van der Waals surface area contributed by atoms with Crippen LogP contribution in [0.15, 0.2) is 22.7 Å². The van der Waals surface area contributed by atoms with Crippen LogP contribution in [-0.2, 0) is 0 Å². The maximum atomic E-state index is 12.0. The molecule has 1 aromatic carbocycles. The minimum atomic E-state index is -1.08. The summed E-state index contributed by atoms with van der Waals surface area (Å²) in [6.45, 7) is 1.75. The molecule has 0 radical (unpaired) electrons. The number of amides is 2. The van der Waals surface area contributed by atoms with Crippen molar-refractivity contribution in [3.05, 3.63) is 28.2 Å². The summed E-state index contributed by atoms with van der Waals surface area (Å²) in [5.41, 5.74) is 0.325. The van der Waals surface area contributed by atoms with Crippen LogP contribution >= 0.6 is 15.9 Å². The van der Waals surface area contributed by atoms with E-state index in [0.717, 1.165) is 25.9 Å². The Morgan fingerprint density at radius 2 is 2.00 bits per heavy atom. The first-order valence-corrected chi connectivity index (χ1v) is 7.17. The van der Waals surface area contributed by atoms with Crippen LogP contribution in [-0.4, -0.2) is 36.2 Å². The van der Waals surface area contributed by atoms with Gasteiger partial charge in [-0.15, -0.1) is 0 Å². The molecular weight excluding hydrogens is 326 g/mol. The molecule has 108 valence electrons. The minimum absolute atomic E-state index is 0.0554. The van der Waals surface area contributed by atoms with Crippen molar-refractivity contribution in [3.63, 3.8) is 0 Å². The third kappa shape index (κ3) is 3.71. The molecule has 0 unspecified atom stereocenters. The Morgan fingerprint density at radius 3 is 2.65 bits per heavy atom. The summed E-state index contributed by atoms with van der Waals surface area (Å²) in [7, 11) is 0. The van der Waals surface area contributed by atoms with Crippen molar-refractivity contribution in [2.75, 3.05) is 18.4 Å². The lowest BCUT2D eigenvalue weighted by molar-refractivity contribution is 0.0698. The van der Waals surface area contributed by atoms with E-state index in [9.17, 15) is 9.59 Å². The number of carboxylic acid groups (broad SMARTS) is 1. The van der Waals surface area contributed by atoms with E-state index in [0.29, 0.717) is 4.47 Å². The van der Waals surface area contributed by atoms with Crippen LogP contribution in [0.2, 0.25) is 0 Å². The number of aromatic carboxylic acids is 1. The standard InChI is InChI=1S/C13H16BrN3O3/c14-10-3-1-2-9(12(18)19)11(10)17-13(20)16-8-4-6-15-7-5-8/h1-3,8,15H,4-7H2,(H,18,19)(H2,16,17,20). The van der Waals surface area contributed by atoms with Gasteiger partial charge < -0.3 is 21.1 Å². The smallest absolute Gasteiger partial charge is 0.337 e. The number of halogens is 1. The third-order valence-electron chi connectivity index (χ3n) is 3.16. The molecule has 0 aromatic heterocycles. The Balaban J connectivity index is 2.05. The van der Waals surface area contributed by atoms with Crippen molar-refractivity contribution in [2.24, 2.45) is 0 Å². The highest BCUT2D eigenvalue weighted by atomic mass is 79.9. The Bertz CT molecular complexity index is 516. The number of nitrogens with one attached hydrogen (secondary N) is 3. The van der Waals surface area contributed by atoms with Gasteiger partial charge in [0.15, 0.2) is 0 Å². The number of hydrogen-bond donors (Lipinski definition) is 4. The molecule has 4 N–H and O–H groups in total. The van der Waals surface area contributed by atoms with Gasteiger partial charge in [-0.1, -0.05) is 6.07 Å². The molecule has 1 saturated heterocycles. The number of para-hydroxylation sites is 1. The number of benzene rings is 1.